The Balaban J connectivity index is 1.85. The molecule has 0 bridgehead atoms. The van der Waals surface area contributed by atoms with Gasteiger partial charge in [0.2, 0.25) is 0 Å². The quantitative estimate of drug-likeness (QED) is 0.883. The van der Waals surface area contributed by atoms with Crippen LogP contribution in [0.25, 0.3) is 0 Å². The van der Waals surface area contributed by atoms with Crippen molar-refractivity contribution in [1.29, 1.82) is 0 Å². The third-order valence-corrected chi connectivity index (χ3v) is 2.76. The number of nitrogens with zero attached hydrogens (tertiary/aromatic N) is 1. The fraction of sp³-hybridized carbons (Fsp3) is 0.364. The molecule has 6 heteroatoms. The predicted molar refractivity (Wildman–Crippen MR) is 59.5 cm³/mol. The van der Waals surface area contributed by atoms with Gasteiger partial charge in [-0.15, -0.1) is 0 Å². The highest BCUT2D eigenvalue weighted by Gasteiger charge is 2.28. The number of aliphatic hydroxyl groups is 1. The average molecular weight is 260 g/mol. The molecule has 1 fully saturated rings. The maximum absolute atomic E-state index is 12.8. The van der Waals surface area contributed by atoms with E-state index < -0.39 is 11.9 Å². The Kier molecular flexibility index (Phi) is 3.49. The molecule has 0 spiro atoms. The Bertz CT molecular complexity index is 435. The van der Waals surface area contributed by atoms with E-state index in [4.69, 9.17) is 21.4 Å². The molecule has 0 saturated carbocycles. The van der Waals surface area contributed by atoms with E-state index in [-0.39, 0.29) is 17.5 Å². The molecule has 92 valence electrons. The molecule has 1 saturated heterocycles. The van der Waals surface area contributed by atoms with Gasteiger partial charge in [-0.2, -0.15) is 0 Å². The van der Waals surface area contributed by atoms with Crippen LogP contribution in [-0.2, 0) is 4.79 Å². The van der Waals surface area contributed by atoms with E-state index in [0.717, 1.165) is 0 Å². The van der Waals surface area contributed by atoms with E-state index in [2.05, 4.69) is 0 Å². The smallest absolute Gasteiger partial charge is 0.260 e. The lowest BCUT2D eigenvalue weighted by Gasteiger charge is -2.35. The molecule has 0 aromatic heterocycles. The zero-order chi connectivity index (χ0) is 12.4. The number of hydrogen-bond acceptors (Lipinski definition) is 3. The van der Waals surface area contributed by atoms with Crippen LogP contribution in [0.5, 0.6) is 5.75 Å². The highest BCUT2D eigenvalue weighted by molar-refractivity contribution is 6.30. The Hall–Kier alpha value is -1.33. The minimum absolute atomic E-state index is 0.0469. The average Bonchev–Trinajstić information content (AvgIpc) is 2.26. The van der Waals surface area contributed by atoms with E-state index >= 15 is 0 Å². The normalized spacial score (nSPS) is 15.6. The van der Waals surface area contributed by atoms with E-state index in [1.165, 1.54) is 23.1 Å². The van der Waals surface area contributed by atoms with E-state index in [1.807, 2.05) is 0 Å². The van der Waals surface area contributed by atoms with Crippen molar-refractivity contribution in [3.63, 3.8) is 0 Å². The van der Waals surface area contributed by atoms with Crippen LogP contribution in [0.2, 0.25) is 5.02 Å². The van der Waals surface area contributed by atoms with Crippen LogP contribution in [0.4, 0.5) is 4.39 Å². The lowest BCUT2D eigenvalue weighted by atomic mass is 10.2. The summed E-state index contributed by atoms with van der Waals surface area (Å²) in [6.07, 6.45) is -0.431. The van der Waals surface area contributed by atoms with Gasteiger partial charge in [0.1, 0.15) is 11.6 Å². The Morgan fingerprint density at radius 3 is 2.88 bits per heavy atom. The molecule has 1 N–H and O–H groups in total. The molecule has 0 radical (unpaired) electrons. The second kappa shape index (κ2) is 4.89. The first-order chi connectivity index (χ1) is 8.06. The molecule has 1 heterocycles. The molecule has 1 aromatic carbocycles. The third-order valence-electron chi connectivity index (χ3n) is 2.47. The largest absolute Gasteiger partial charge is 0.484 e. The molecule has 4 nitrogen and oxygen atoms in total. The van der Waals surface area contributed by atoms with Crippen molar-refractivity contribution in [2.24, 2.45) is 0 Å². The first-order valence-corrected chi connectivity index (χ1v) is 5.48. The molecular weight excluding hydrogens is 249 g/mol. The van der Waals surface area contributed by atoms with Gasteiger partial charge in [-0.05, 0) is 12.1 Å². The SMILES string of the molecule is O=C(COc1ccc(F)c(Cl)c1)N1CC(O)C1. The van der Waals surface area contributed by atoms with Crippen molar-refractivity contribution in [3.8, 4) is 5.75 Å². The molecule has 2 rings (SSSR count). The fourth-order valence-electron chi connectivity index (χ4n) is 1.46. The van der Waals surface area contributed by atoms with E-state index in [9.17, 15) is 9.18 Å². The molecule has 17 heavy (non-hydrogen) atoms. The van der Waals surface area contributed by atoms with Crippen LogP contribution in [-0.4, -0.2) is 41.7 Å². The fourth-order valence-corrected chi connectivity index (χ4v) is 1.63. The predicted octanol–water partition coefficient (Wildman–Crippen LogP) is 1.06. The summed E-state index contributed by atoms with van der Waals surface area (Å²) in [5.74, 6) is -0.405. The Morgan fingerprint density at radius 1 is 1.59 bits per heavy atom. The molecule has 0 atom stereocenters. The van der Waals surface area contributed by atoms with Gasteiger partial charge in [0.25, 0.3) is 5.91 Å². The highest BCUT2D eigenvalue weighted by atomic mass is 35.5. The summed E-state index contributed by atoms with van der Waals surface area (Å²) in [5, 5.41) is 8.98. The lowest BCUT2D eigenvalue weighted by molar-refractivity contribution is -0.143. The number of amides is 1. The van der Waals surface area contributed by atoms with Gasteiger partial charge in [-0.25, -0.2) is 4.39 Å². The minimum atomic E-state index is -0.531. The number of aliphatic hydroxyl groups excluding tert-OH is 1. The van der Waals surface area contributed by atoms with Crippen molar-refractivity contribution in [2.75, 3.05) is 19.7 Å². The summed E-state index contributed by atoms with van der Waals surface area (Å²) >= 11 is 5.57. The summed E-state index contributed by atoms with van der Waals surface area (Å²) in [6.45, 7) is 0.535. The number of carbonyl (C=O) groups excluding carboxylic acids is 1. The Labute approximate surface area is 103 Å². The maximum atomic E-state index is 12.8. The monoisotopic (exact) mass is 259 g/mol. The number of carbonyl (C=O) groups is 1. The molecule has 1 aliphatic rings. The van der Waals surface area contributed by atoms with Crippen LogP contribution in [0, 0.1) is 5.82 Å². The summed E-state index contributed by atoms with van der Waals surface area (Å²) in [4.78, 5) is 13.0. The minimum Gasteiger partial charge on any atom is -0.484 e. The molecule has 1 aliphatic heterocycles. The zero-order valence-corrected chi connectivity index (χ0v) is 9.65. The van der Waals surface area contributed by atoms with Crippen LogP contribution < -0.4 is 4.74 Å². The number of ether oxygens (including phenoxy) is 1. The number of halogens is 2. The van der Waals surface area contributed by atoms with E-state index in [0.29, 0.717) is 18.8 Å². The first kappa shape index (κ1) is 12.1. The van der Waals surface area contributed by atoms with E-state index in [1.54, 1.807) is 0 Å². The Morgan fingerprint density at radius 2 is 2.29 bits per heavy atom. The summed E-state index contributed by atoms with van der Waals surface area (Å²) in [6, 6.07) is 3.89. The molecule has 0 aliphatic carbocycles. The maximum Gasteiger partial charge on any atom is 0.260 e. The van der Waals surface area contributed by atoms with Crippen LogP contribution in [0.1, 0.15) is 0 Å². The summed E-state index contributed by atoms with van der Waals surface area (Å²) < 4.78 is 18.0. The molecule has 1 amide bonds. The molecule has 0 unspecified atom stereocenters. The van der Waals surface area contributed by atoms with Crippen molar-refractivity contribution in [1.82, 2.24) is 4.90 Å². The third kappa shape index (κ3) is 2.87. The second-order valence-corrected chi connectivity index (χ2v) is 4.22. The van der Waals surface area contributed by atoms with Gasteiger partial charge in [-0.1, -0.05) is 11.6 Å². The van der Waals surface area contributed by atoms with Gasteiger partial charge in [0, 0.05) is 19.2 Å². The van der Waals surface area contributed by atoms with Crippen molar-refractivity contribution in [2.45, 2.75) is 6.10 Å². The van der Waals surface area contributed by atoms with Gasteiger partial charge < -0.3 is 14.7 Å². The van der Waals surface area contributed by atoms with Crippen LogP contribution in [0.3, 0.4) is 0 Å². The van der Waals surface area contributed by atoms with Crippen molar-refractivity contribution in [3.05, 3.63) is 29.0 Å². The number of hydrogen-bond donors (Lipinski definition) is 1. The van der Waals surface area contributed by atoms with Crippen molar-refractivity contribution >= 4 is 17.5 Å². The molecular formula is C11H11ClFNO3. The first-order valence-electron chi connectivity index (χ1n) is 5.10. The van der Waals surface area contributed by atoms with Crippen molar-refractivity contribution < 1.29 is 19.0 Å². The highest BCUT2D eigenvalue weighted by Crippen LogP contribution is 2.21. The molecule has 1 aromatic rings. The lowest BCUT2D eigenvalue weighted by Crippen LogP contribution is -2.54. The standard InChI is InChI=1S/C11H11ClFNO3/c12-9-3-8(1-2-10(9)13)17-6-11(16)14-4-7(15)5-14/h1-3,7,15H,4-6H2. The number of likely N-dealkylation sites (tertiary alicyclic amines) is 1. The number of β-amino-alcohol motifs (C(OH)–C–C–N with tert-alkyl or cyclic N) is 1. The zero-order valence-electron chi connectivity index (χ0n) is 8.90. The number of rotatable bonds is 3. The topological polar surface area (TPSA) is 49.8 Å². The summed E-state index contributed by atoms with van der Waals surface area (Å²) in [7, 11) is 0. The van der Waals surface area contributed by atoms with Gasteiger partial charge in [0.05, 0.1) is 11.1 Å². The van der Waals surface area contributed by atoms with Crippen LogP contribution in [0.15, 0.2) is 18.2 Å². The number of benzene rings is 1. The van der Waals surface area contributed by atoms with Gasteiger partial charge >= 0.3 is 0 Å². The summed E-state index contributed by atoms with van der Waals surface area (Å²) in [5.41, 5.74) is 0. The van der Waals surface area contributed by atoms with Gasteiger partial charge in [-0.3, -0.25) is 4.79 Å². The van der Waals surface area contributed by atoms with Gasteiger partial charge in [0.15, 0.2) is 6.61 Å². The second-order valence-electron chi connectivity index (χ2n) is 3.82. The van der Waals surface area contributed by atoms with Crippen LogP contribution >= 0.6 is 11.6 Å².